The maximum Gasteiger partial charge on any atom is 0.235 e. The molecule has 1 N–H and O–H groups in total. The second-order valence-electron chi connectivity index (χ2n) is 11.1. The Morgan fingerprint density at radius 3 is 2.37 bits per heavy atom. The number of benzene rings is 3. The van der Waals surface area contributed by atoms with Gasteiger partial charge in [-0.3, -0.25) is 9.52 Å². The van der Waals surface area contributed by atoms with Crippen LogP contribution in [0.3, 0.4) is 0 Å². The molecule has 1 unspecified atom stereocenters. The summed E-state index contributed by atoms with van der Waals surface area (Å²) in [5, 5.41) is 0. The van der Waals surface area contributed by atoms with Crippen molar-refractivity contribution in [3.8, 4) is 22.6 Å². The zero-order valence-electron chi connectivity index (χ0n) is 23.5. The average Bonchev–Trinajstić information content (AvgIpc) is 3.28. The van der Waals surface area contributed by atoms with Gasteiger partial charge in [0.2, 0.25) is 15.9 Å². The number of carbonyl (C=O) groups is 1. The number of aryl methyl sites for hydroxylation is 2. The minimum atomic E-state index is -3.60. The highest BCUT2D eigenvalue weighted by atomic mass is 32.2. The van der Waals surface area contributed by atoms with Crippen LogP contribution in [0.25, 0.3) is 11.1 Å². The molecule has 2 aliphatic rings. The van der Waals surface area contributed by atoms with Crippen molar-refractivity contribution in [1.29, 1.82) is 0 Å². The van der Waals surface area contributed by atoms with Gasteiger partial charge in [-0.25, -0.2) is 16.8 Å². The van der Waals surface area contributed by atoms with Gasteiger partial charge >= 0.3 is 0 Å². The first-order valence-corrected chi connectivity index (χ1v) is 17.4. The third-order valence-corrected chi connectivity index (χ3v) is 10.1. The molecule has 0 saturated carbocycles. The monoisotopic (exact) mass is 597 g/mol. The van der Waals surface area contributed by atoms with E-state index in [1.54, 1.807) is 0 Å². The fraction of sp³-hybridized carbons (Fsp3) is 0.387. The fourth-order valence-corrected chi connectivity index (χ4v) is 7.91. The maximum atomic E-state index is 11.9. The van der Waals surface area contributed by atoms with Gasteiger partial charge in [0, 0.05) is 18.6 Å². The summed E-state index contributed by atoms with van der Waals surface area (Å²) in [5.74, 6) is 0.597. The molecule has 1 amide bonds. The summed E-state index contributed by atoms with van der Waals surface area (Å²) in [6.45, 7) is 4.48. The van der Waals surface area contributed by atoms with Crippen LogP contribution < -0.4 is 14.2 Å². The topological polar surface area (TPSA) is 116 Å². The molecule has 1 saturated heterocycles. The Morgan fingerprint density at radius 2 is 1.71 bits per heavy atom. The highest BCUT2D eigenvalue weighted by molar-refractivity contribution is 7.90. The number of nitrogens with one attached hydrogen (secondary N) is 1. The first-order valence-electron chi connectivity index (χ1n) is 13.7. The smallest absolute Gasteiger partial charge is 0.235 e. The lowest BCUT2D eigenvalue weighted by molar-refractivity contribution is -0.119. The van der Waals surface area contributed by atoms with Crippen molar-refractivity contribution < 1.29 is 31.1 Å². The Labute approximate surface area is 242 Å². The summed E-state index contributed by atoms with van der Waals surface area (Å²) in [7, 11) is -6.60. The van der Waals surface area contributed by atoms with Crippen molar-refractivity contribution in [2.45, 2.75) is 51.6 Å². The van der Waals surface area contributed by atoms with Gasteiger partial charge in [-0.2, -0.15) is 0 Å². The molecule has 8 nitrogen and oxygen atoms in total. The van der Waals surface area contributed by atoms with Crippen LogP contribution in [-0.2, 0) is 31.1 Å². The van der Waals surface area contributed by atoms with E-state index >= 15 is 0 Å². The fourth-order valence-electron chi connectivity index (χ4n) is 5.92. The standard InChI is InChI=1S/C31H35NO7S2/c1-20-16-25(38-14-5-15-40(3,34)35)17-21(2)31(20)28-7-4-6-27-26(28)12-13-29(27)39-24-10-8-22(9-11-24)23-18-30(33)32-41(36,37)19-23/h4,6-11,16-17,23,29H,5,12-15,18-19H2,1-3H3,(H,32,33)/t23?,29-/m1/s1. The van der Waals surface area contributed by atoms with E-state index < -0.39 is 25.8 Å². The molecule has 218 valence electrons. The van der Waals surface area contributed by atoms with Crippen molar-refractivity contribution in [1.82, 2.24) is 4.72 Å². The van der Waals surface area contributed by atoms with Crippen LogP contribution in [0, 0.1) is 13.8 Å². The molecular formula is C31H35NO7S2. The summed E-state index contributed by atoms with van der Waals surface area (Å²) < 4.78 is 61.0. The lowest BCUT2D eigenvalue weighted by Crippen LogP contribution is -2.40. The Balaban J connectivity index is 1.30. The summed E-state index contributed by atoms with van der Waals surface area (Å²) >= 11 is 0. The molecule has 3 aromatic rings. The lowest BCUT2D eigenvalue weighted by Gasteiger charge is -2.23. The lowest BCUT2D eigenvalue weighted by atomic mass is 9.90. The SMILES string of the molecule is Cc1cc(OCCCS(C)(=O)=O)cc(C)c1-c1cccc2c1CC[C@H]2Oc1ccc(C2CC(=O)NS(=O)(=O)C2)cc1. The Morgan fingerprint density at radius 1 is 1.00 bits per heavy atom. The van der Waals surface area contributed by atoms with E-state index in [1.165, 1.54) is 22.9 Å². The Hall–Kier alpha value is -3.37. The molecule has 10 heteroatoms. The second-order valence-corrected chi connectivity index (χ2v) is 15.1. The zero-order chi connectivity index (χ0) is 29.4. The van der Waals surface area contributed by atoms with Gasteiger partial charge < -0.3 is 9.47 Å². The van der Waals surface area contributed by atoms with Crippen LogP contribution in [0.5, 0.6) is 11.5 Å². The van der Waals surface area contributed by atoms with Crippen molar-refractivity contribution in [3.05, 3.63) is 82.4 Å². The number of hydrogen-bond acceptors (Lipinski definition) is 7. The molecule has 41 heavy (non-hydrogen) atoms. The molecule has 1 heterocycles. The van der Waals surface area contributed by atoms with Crippen LogP contribution in [0.15, 0.2) is 54.6 Å². The van der Waals surface area contributed by atoms with E-state index in [-0.39, 0.29) is 29.9 Å². The highest BCUT2D eigenvalue weighted by Crippen LogP contribution is 2.42. The number of amides is 1. The van der Waals surface area contributed by atoms with Gasteiger partial charge in [0.1, 0.15) is 27.4 Å². The summed E-state index contributed by atoms with van der Waals surface area (Å²) in [6.07, 6.45) is 3.45. The van der Waals surface area contributed by atoms with Crippen LogP contribution in [-0.4, -0.2) is 47.1 Å². The van der Waals surface area contributed by atoms with Gasteiger partial charge in [0.25, 0.3) is 0 Å². The van der Waals surface area contributed by atoms with E-state index in [0.29, 0.717) is 18.8 Å². The van der Waals surface area contributed by atoms with E-state index in [2.05, 4.69) is 32.0 Å². The third-order valence-electron chi connectivity index (χ3n) is 7.67. The second kappa shape index (κ2) is 11.5. The molecule has 1 aliphatic heterocycles. The molecule has 0 spiro atoms. The van der Waals surface area contributed by atoms with Gasteiger partial charge in [-0.15, -0.1) is 0 Å². The molecule has 0 aromatic heterocycles. The highest BCUT2D eigenvalue weighted by Gasteiger charge is 2.31. The molecule has 3 aromatic carbocycles. The molecule has 2 atom stereocenters. The normalized spacial score (nSPS) is 19.8. The molecule has 1 fully saturated rings. The molecule has 1 aliphatic carbocycles. The largest absolute Gasteiger partial charge is 0.494 e. The van der Waals surface area contributed by atoms with Crippen molar-refractivity contribution in [2.75, 3.05) is 24.4 Å². The average molecular weight is 598 g/mol. The number of rotatable bonds is 9. The Kier molecular flexibility index (Phi) is 8.16. The number of hydrogen-bond donors (Lipinski definition) is 1. The quantitative estimate of drug-likeness (QED) is 0.353. The molecule has 5 rings (SSSR count). The first-order chi connectivity index (χ1) is 19.4. The Bertz CT molecular complexity index is 1660. The number of carbonyl (C=O) groups excluding carboxylic acids is 1. The van der Waals surface area contributed by atoms with E-state index in [4.69, 9.17) is 9.47 Å². The predicted octanol–water partition coefficient (Wildman–Crippen LogP) is 4.78. The van der Waals surface area contributed by atoms with Gasteiger partial charge in [0.05, 0.1) is 18.1 Å². The molecular weight excluding hydrogens is 562 g/mol. The predicted molar refractivity (Wildman–Crippen MR) is 159 cm³/mol. The number of ether oxygens (including phenoxy) is 2. The summed E-state index contributed by atoms with van der Waals surface area (Å²) in [6, 6.07) is 17.7. The van der Waals surface area contributed by atoms with Crippen LogP contribution in [0.4, 0.5) is 0 Å². The number of sulfonamides is 1. The van der Waals surface area contributed by atoms with E-state index in [9.17, 15) is 21.6 Å². The summed E-state index contributed by atoms with van der Waals surface area (Å²) in [4.78, 5) is 11.8. The van der Waals surface area contributed by atoms with Crippen LogP contribution >= 0.6 is 0 Å². The minimum Gasteiger partial charge on any atom is -0.494 e. The van der Waals surface area contributed by atoms with Crippen molar-refractivity contribution in [3.63, 3.8) is 0 Å². The van der Waals surface area contributed by atoms with Crippen LogP contribution in [0.1, 0.15) is 59.1 Å². The van der Waals surface area contributed by atoms with Crippen molar-refractivity contribution >= 4 is 25.8 Å². The van der Waals surface area contributed by atoms with Gasteiger partial charge in [-0.1, -0.05) is 30.3 Å². The molecule has 0 radical (unpaired) electrons. The van der Waals surface area contributed by atoms with Crippen LogP contribution in [0.2, 0.25) is 0 Å². The van der Waals surface area contributed by atoms with E-state index in [0.717, 1.165) is 40.8 Å². The zero-order valence-corrected chi connectivity index (χ0v) is 25.1. The summed E-state index contributed by atoms with van der Waals surface area (Å²) in [5.41, 5.74) is 7.76. The third kappa shape index (κ3) is 6.93. The maximum absolute atomic E-state index is 11.9. The van der Waals surface area contributed by atoms with Gasteiger partial charge in [-0.05, 0) is 96.3 Å². The van der Waals surface area contributed by atoms with Gasteiger partial charge in [0.15, 0.2) is 0 Å². The number of sulfone groups is 1. The first kappa shape index (κ1) is 29.1. The number of fused-ring (bicyclic) bond motifs is 1. The van der Waals surface area contributed by atoms with E-state index in [1.807, 2.05) is 41.1 Å². The minimum absolute atomic E-state index is 0.102. The molecule has 0 bridgehead atoms. The van der Waals surface area contributed by atoms with Crippen molar-refractivity contribution in [2.24, 2.45) is 0 Å².